The van der Waals surface area contributed by atoms with Gasteiger partial charge in [0.2, 0.25) is 0 Å². The maximum Gasteiger partial charge on any atom is 0.141 e. The van der Waals surface area contributed by atoms with E-state index in [1.807, 2.05) is 19.1 Å². The third-order valence-corrected chi connectivity index (χ3v) is 2.86. The summed E-state index contributed by atoms with van der Waals surface area (Å²) in [6.45, 7) is 2.62. The number of benzene rings is 1. The van der Waals surface area contributed by atoms with Gasteiger partial charge in [-0.25, -0.2) is 4.39 Å². The average Bonchev–Trinajstić information content (AvgIpc) is 2.84. The Bertz CT molecular complexity index is 484. The Balaban J connectivity index is 1.96. The lowest BCUT2D eigenvalue weighted by Crippen LogP contribution is -2.17. The van der Waals surface area contributed by atoms with E-state index >= 15 is 0 Å². The molecule has 0 saturated carbocycles. The van der Waals surface area contributed by atoms with E-state index in [1.54, 1.807) is 18.4 Å². The number of furan rings is 1. The van der Waals surface area contributed by atoms with Gasteiger partial charge in [-0.1, -0.05) is 17.7 Å². The van der Waals surface area contributed by atoms with Crippen LogP contribution >= 0.6 is 11.6 Å². The Labute approximate surface area is 104 Å². The lowest BCUT2D eigenvalue weighted by molar-refractivity contribution is 0.430. The van der Waals surface area contributed by atoms with E-state index in [9.17, 15) is 4.39 Å². The first-order valence-corrected chi connectivity index (χ1v) is 5.75. The van der Waals surface area contributed by atoms with Crippen molar-refractivity contribution in [1.82, 2.24) is 5.32 Å². The monoisotopic (exact) mass is 253 g/mol. The van der Waals surface area contributed by atoms with Gasteiger partial charge in [0.1, 0.15) is 11.6 Å². The first-order valence-electron chi connectivity index (χ1n) is 5.37. The SMILES string of the molecule is CC(NCc1ccc(F)c(Cl)c1)c1ccco1. The summed E-state index contributed by atoms with van der Waals surface area (Å²) in [4.78, 5) is 0. The van der Waals surface area contributed by atoms with Gasteiger partial charge in [-0.15, -0.1) is 0 Å². The molecule has 0 aliphatic heterocycles. The van der Waals surface area contributed by atoms with Crippen LogP contribution in [0.4, 0.5) is 4.39 Å². The number of hydrogen-bond acceptors (Lipinski definition) is 2. The fourth-order valence-corrected chi connectivity index (χ4v) is 1.76. The van der Waals surface area contributed by atoms with Crippen LogP contribution < -0.4 is 5.32 Å². The summed E-state index contributed by atoms with van der Waals surface area (Å²) in [6, 6.07) is 8.57. The fraction of sp³-hybridized carbons (Fsp3) is 0.231. The van der Waals surface area contributed by atoms with Gasteiger partial charge in [0.15, 0.2) is 0 Å². The van der Waals surface area contributed by atoms with Crippen molar-refractivity contribution in [2.24, 2.45) is 0 Å². The molecule has 2 nitrogen and oxygen atoms in total. The molecule has 1 unspecified atom stereocenters. The molecule has 0 fully saturated rings. The first kappa shape index (κ1) is 12.1. The Kier molecular flexibility index (Phi) is 3.82. The molecule has 1 heterocycles. The molecule has 1 aromatic heterocycles. The maximum atomic E-state index is 13.0. The lowest BCUT2D eigenvalue weighted by atomic mass is 10.2. The number of nitrogens with one attached hydrogen (secondary N) is 1. The Morgan fingerprint density at radius 3 is 2.88 bits per heavy atom. The Hall–Kier alpha value is -1.32. The summed E-state index contributed by atoms with van der Waals surface area (Å²) in [5.74, 6) is 0.479. The normalized spacial score (nSPS) is 12.6. The second kappa shape index (κ2) is 5.34. The Morgan fingerprint density at radius 1 is 1.41 bits per heavy atom. The molecule has 1 N–H and O–H groups in total. The summed E-state index contributed by atoms with van der Waals surface area (Å²) < 4.78 is 18.2. The highest BCUT2D eigenvalue weighted by molar-refractivity contribution is 6.30. The van der Waals surface area contributed by atoms with E-state index < -0.39 is 5.82 Å². The minimum atomic E-state index is -0.394. The molecule has 1 aromatic carbocycles. The van der Waals surface area contributed by atoms with Crippen LogP contribution in [0.1, 0.15) is 24.3 Å². The van der Waals surface area contributed by atoms with Gasteiger partial charge >= 0.3 is 0 Å². The topological polar surface area (TPSA) is 25.2 Å². The molecule has 0 aliphatic carbocycles. The standard InChI is InChI=1S/C13H13ClFNO/c1-9(13-3-2-6-17-13)16-8-10-4-5-12(15)11(14)7-10/h2-7,9,16H,8H2,1H3. The van der Waals surface area contributed by atoms with Crippen LogP contribution in [0.25, 0.3) is 0 Å². The van der Waals surface area contributed by atoms with Gasteiger partial charge in [-0.05, 0) is 36.8 Å². The van der Waals surface area contributed by atoms with Gasteiger partial charge in [-0.2, -0.15) is 0 Å². The molecule has 4 heteroatoms. The van der Waals surface area contributed by atoms with Crippen molar-refractivity contribution < 1.29 is 8.81 Å². The zero-order chi connectivity index (χ0) is 12.3. The van der Waals surface area contributed by atoms with Crippen LogP contribution in [0.3, 0.4) is 0 Å². The first-order chi connectivity index (χ1) is 8.16. The fourth-order valence-electron chi connectivity index (χ4n) is 1.56. The minimum absolute atomic E-state index is 0.105. The number of halogens is 2. The van der Waals surface area contributed by atoms with Crippen molar-refractivity contribution in [3.8, 4) is 0 Å². The van der Waals surface area contributed by atoms with Crippen LogP contribution in [0.15, 0.2) is 41.0 Å². The van der Waals surface area contributed by atoms with E-state index in [0.717, 1.165) is 11.3 Å². The van der Waals surface area contributed by atoms with E-state index in [2.05, 4.69) is 5.32 Å². The zero-order valence-electron chi connectivity index (χ0n) is 9.41. The highest BCUT2D eigenvalue weighted by Gasteiger charge is 2.07. The maximum absolute atomic E-state index is 13.0. The average molecular weight is 254 g/mol. The molecule has 2 rings (SSSR count). The summed E-state index contributed by atoms with van der Waals surface area (Å²) in [6.07, 6.45) is 1.64. The number of rotatable bonds is 4. The lowest BCUT2D eigenvalue weighted by Gasteiger charge is -2.11. The van der Waals surface area contributed by atoms with Crippen molar-refractivity contribution >= 4 is 11.6 Å². The van der Waals surface area contributed by atoms with Crippen molar-refractivity contribution in [3.05, 3.63) is 58.8 Å². The van der Waals surface area contributed by atoms with Crippen LogP contribution in [-0.2, 0) is 6.54 Å². The van der Waals surface area contributed by atoms with E-state index in [4.69, 9.17) is 16.0 Å². The summed E-state index contributed by atoms with van der Waals surface area (Å²) >= 11 is 5.71. The summed E-state index contributed by atoms with van der Waals surface area (Å²) in [5.41, 5.74) is 0.940. The van der Waals surface area contributed by atoms with Crippen molar-refractivity contribution in [1.29, 1.82) is 0 Å². The molecule has 0 spiro atoms. The molecule has 90 valence electrons. The van der Waals surface area contributed by atoms with Crippen LogP contribution in [0, 0.1) is 5.82 Å². The third kappa shape index (κ3) is 3.08. The molecule has 0 bridgehead atoms. The molecular weight excluding hydrogens is 241 g/mol. The molecular formula is C13H13ClFNO. The second-order valence-electron chi connectivity index (χ2n) is 3.87. The molecule has 0 saturated heterocycles. The number of hydrogen-bond donors (Lipinski definition) is 1. The smallest absolute Gasteiger partial charge is 0.141 e. The van der Waals surface area contributed by atoms with Gasteiger partial charge in [0.05, 0.1) is 17.3 Å². The van der Waals surface area contributed by atoms with Crippen LogP contribution in [-0.4, -0.2) is 0 Å². The van der Waals surface area contributed by atoms with Crippen molar-refractivity contribution in [3.63, 3.8) is 0 Å². The molecule has 0 radical (unpaired) electrons. The molecule has 1 atom stereocenters. The quantitative estimate of drug-likeness (QED) is 0.893. The highest BCUT2D eigenvalue weighted by Crippen LogP contribution is 2.17. The predicted octanol–water partition coefficient (Wildman–Crippen LogP) is 3.92. The van der Waals surface area contributed by atoms with Crippen molar-refractivity contribution in [2.45, 2.75) is 19.5 Å². The minimum Gasteiger partial charge on any atom is -0.468 e. The van der Waals surface area contributed by atoms with Crippen LogP contribution in [0.5, 0.6) is 0 Å². The van der Waals surface area contributed by atoms with Crippen LogP contribution in [0.2, 0.25) is 5.02 Å². The van der Waals surface area contributed by atoms with Gasteiger partial charge in [-0.3, -0.25) is 0 Å². The Morgan fingerprint density at radius 2 is 2.24 bits per heavy atom. The largest absolute Gasteiger partial charge is 0.468 e. The summed E-state index contributed by atoms with van der Waals surface area (Å²) in [5, 5.41) is 3.42. The molecule has 17 heavy (non-hydrogen) atoms. The second-order valence-corrected chi connectivity index (χ2v) is 4.27. The predicted molar refractivity (Wildman–Crippen MR) is 65.4 cm³/mol. The van der Waals surface area contributed by atoms with Gasteiger partial charge in [0, 0.05) is 6.54 Å². The highest BCUT2D eigenvalue weighted by atomic mass is 35.5. The summed E-state index contributed by atoms with van der Waals surface area (Å²) in [7, 11) is 0. The molecule has 0 aliphatic rings. The molecule has 0 amide bonds. The van der Waals surface area contributed by atoms with Crippen molar-refractivity contribution in [2.75, 3.05) is 0 Å². The van der Waals surface area contributed by atoms with E-state index in [1.165, 1.54) is 6.07 Å². The van der Waals surface area contributed by atoms with E-state index in [0.29, 0.717) is 6.54 Å². The van der Waals surface area contributed by atoms with Gasteiger partial charge < -0.3 is 9.73 Å². The zero-order valence-corrected chi connectivity index (χ0v) is 10.2. The van der Waals surface area contributed by atoms with Gasteiger partial charge in [0.25, 0.3) is 0 Å². The van der Waals surface area contributed by atoms with E-state index in [-0.39, 0.29) is 11.1 Å². The third-order valence-electron chi connectivity index (χ3n) is 2.57. The molecule has 2 aromatic rings.